The Morgan fingerprint density at radius 3 is 2.27 bits per heavy atom. The second-order valence-electron chi connectivity index (χ2n) is 7.80. The van der Waals surface area contributed by atoms with Crippen molar-refractivity contribution in [2.45, 2.75) is 52.0 Å². The smallest absolute Gasteiger partial charge is 0.246 e. The number of nitrogens with one attached hydrogen (secondary N) is 1. The Morgan fingerprint density at radius 1 is 1.15 bits per heavy atom. The first-order chi connectivity index (χ1) is 12.2. The largest absolute Gasteiger partial charge is 0.346 e. The van der Waals surface area contributed by atoms with Gasteiger partial charge < -0.3 is 26.3 Å². The lowest BCUT2D eigenvalue weighted by Gasteiger charge is -2.35. The Labute approximate surface area is 155 Å². The Kier molecular flexibility index (Phi) is 7.15. The average molecular weight is 370 g/mol. The zero-order valence-corrected chi connectivity index (χ0v) is 16.4. The van der Waals surface area contributed by atoms with Gasteiger partial charge in [0.15, 0.2) is 5.79 Å². The second-order valence-corrected chi connectivity index (χ2v) is 7.80. The summed E-state index contributed by atoms with van der Waals surface area (Å²) in [5.74, 6) is -1.79. The van der Waals surface area contributed by atoms with E-state index in [4.69, 9.17) is 20.9 Å². The maximum Gasteiger partial charge on any atom is 0.246 e. The molecule has 2 heterocycles. The monoisotopic (exact) mass is 370 g/mol. The molecule has 2 aliphatic rings. The van der Waals surface area contributed by atoms with Gasteiger partial charge in [0.05, 0.1) is 31.8 Å². The third kappa shape index (κ3) is 4.26. The maximum atomic E-state index is 13.0. The lowest BCUT2D eigenvalue weighted by Crippen LogP contribution is -2.58. The highest BCUT2D eigenvalue weighted by Gasteiger charge is 2.50. The van der Waals surface area contributed by atoms with Gasteiger partial charge in [0.25, 0.3) is 0 Å². The van der Waals surface area contributed by atoms with Crippen molar-refractivity contribution < 1.29 is 19.1 Å². The van der Waals surface area contributed by atoms with Crippen molar-refractivity contribution >= 4 is 11.8 Å². The van der Waals surface area contributed by atoms with Gasteiger partial charge in [0.1, 0.15) is 0 Å². The predicted octanol–water partition coefficient (Wildman–Crippen LogP) is -0.339. The van der Waals surface area contributed by atoms with Crippen LogP contribution in [0, 0.1) is 17.8 Å². The third-order valence-electron chi connectivity index (χ3n) is 5.64. The number of rotatable bonds is 7. The molecule has 4 atom stereocenters. The molecule has 0 bridgehead atoms. The van der Waals surface area contributed by atoms with E-state index >= 15 is 0 Å². The number of imide groups is 1. The highest BCUT2D eigenvalue weighted by Crippen LogP contribution is 2.32. The molecule has 0 saturated carbocycles. The summed E-state index contributed by atoms with van der Waals surface area (Å²) >= 11 is 0. The Morgan fingerprint density at radius 2 is 1.73 bits per heavy atom. The minimum Gasteiger partial charge on any atom is -0.346 e. The summed E-state index contributed by atoms with van der Waals surface area (Å²) in [6.07, 6.45) is 0.756. The van der Waals surface area contributed by atoms with E-state index < -0.39 is 17.9 Å². The number of nitrogens with two attached hydrogens (primary N) is 2. The molecule has 0 aromatic carbocycles. The molecule has 2 rings (SSSR count). The highest BCUT2D eigenvalue weighted by atomic mass is 16.7. The van der Waals surface area contributed by atoms with Gasteiger partial charge in [-0.05, 0) is 11.8 Å². The molecular weight excluding hydrogens is 336 g/mol. The van der Waals surface area contributed by atoms with E-state index in [1.807, 2.05) is 27.7 Å². The van der Waals surface area contributed by atoms with E-state index in [2.05, 4.69) is 5.32 Å². The van der Waals surface area contributed by atoms with Gasteiger partial charge in [-0.2, -0.15) is 0 Å². The van der Waals surface area contributed by atoms with Crippen LogP contribution in [0.1, 0.15) is 34.1 Å². The molecule has 1 unspecified atom stereocenters. The lowest BCUT2D eigenvalue weighted by molar-refractivity contribution is -0.177. The number of ether oxygens (including phenoxy) is 2. The SMILES string of the molecule is CC[C@H](C)[C@H](N)C(=O)N(CC1CNCC12OCCO2)C(=O)[C@@H](N)C(C)C. The van der Waals surface area contributed by atoms with Gasteiger partial charge in [-0.1, -0.05) is 34.1 Å². The Balaban J connectivity index is 2.22. The van der Waals surface area contributed by atoms with Crippen LogP contribution in [0.4, 0.5) is 0 Å². The topological polar surface area (TPSA) is 120 Å². The summed E-state index contributed by atoms with van der Waals surface area (Å²) < 4.78 is 11.6. The van der Waals surface area contributed by atoms with Crippen LogP contribution in [0.5, 0.6) is 0 Å². The molecular formula is C18H34N4O4. The summed E-state index contributed by atoms with van der Waals surface area (Å²) in [6, 6.07) is -1.49. The minimum atomic E-state index is -0.777. The fraction of sp³-hybridized carbons (Fsp3) is 0.889. The van der Waals surface area contributed by atoms with E-state index in [1.165, 1.54) is 4.90 Å². The Hall–Kier alpha value is -1.06. The molecule has 2 saturated heterocycles. The van der Waals surface area contributed by atoms with Crippen LogP contribution >= 0.6 is 0 Å². The first-order valence-corrected chi connectivity index (χ1v) is 9.58. The van der Waals surface area contributed by atoms with Crippen molar-refractivity contribution in [1.29, 1.82) is 0 Å². The summed E-state index contributed by atoms with van der Waals surface area (Å²) in [4.78, 5) is 27.2. The van der Waals surface area contributed by atoms with Crippen molar-refractivity contribution in [3.05, 3.63) is 0 Å². The lowest BCUT2D eigenvalue weighted by atomic mass is 9.95. The van der Waals surface area contributed by atoms with Crippen molar-refractivity contribution in [2.24, 2.45) is 29.2 Å². The first kappa shape index (κ1) is 21.2. The van der Waals surface area contributed by atoms with Crippen LogP contribution in [0.3, 0.4) is 0 Å². The molecule has 8 heteroatoms. The highest BCUT2D eigenvalue weighted by molar-refractivity contribution is 6.00. The summed E-state index contributed by atoms with van der Waals surface area (Å²) in [7, 11) is 0. The van der Waals surface area contributed by atoms with Gasteiger partial charge in [-0.3, -0.25) is 14.5 Å². The van der Waals surface area contributed by atoms with E-state index in [-0.39, 0.29) is 36.1 Å². The number of carbonyl (C=O) groups excluding carboxylic acids is 2. The van der Waals surface area contributed by atoms with Crippen LogP contribution in [0.2, 0.25) is 0 Å². The van der Waals surface area contributed by atoms with Crippen LogP contribution in [-0.2, 0) is 19.1 Å². The first-order valence-electron chi connectivity index (χ1n) is 9.58. The predicted molar refractivity (Wildman–Crippen MR) is 98.0 cm³/mol. The van der Waals surface area contributed by atoms with Gasteiger partial charge in [-0.15, -0.1) is 0 Å². The quantitative estimate of drug-likeness (QED) is 0.561. The van der Waals surface area contributed by atoms with Crippen LogP contribution in [-0.4, -0.2) is 67.4 Å². The average Bonchev–Trinajstić information content (AvgIpc) is 3.26. The standard InChI is InChI=1S/C18H34N4O4/c1-5-12(4)15(20)17(24)22(16(23)14(19)11(2)3)9-13-8-21-10-18(13)25-6-7-26-18/h11-15,21H,5-10,19-20H2,1-4H3/t12-,13?,14-,15-/m0/s1. The number of hydrogen-bond acceptors (Lipinski definition) is 7. The van der Waals surface area contributed by atoms with E-state index in [9.17, 15) is 9.59 Å². The zero-order valence-electron chi connectivity index (χ0n) is 16.4. The number of hydrogen-bond donors (Lipinski definition) is 3. The number of amides is 2. The Bertz CT molecular complexity index is 502. The van der Waals surface area contributed by atoms with Crippen molar-refractivity contribution in [2.75, 3.05) is 32.8 Å². The van der Waals surface area contributed by atoms with Gasteiger partial charge >= 0.3 is 0 Å². The fourth-order valence-electron chi connectivity index (χ4n) is 3.38. The third-order valence-corrected chi connectivity index (χ3v) is 5.64. The molecule has 2 amide bonds. The zero-order chi connectivity index (χ0) is 19.5. The molecule has 1 spiro atoms. The molecule has 5 N–H and O–H groups in total. The molecule has 0 radical (unpaired) electrons. The molecule has 26 heavy (non-hydrogen) atoms. The molecule has 0 aromatic heterocycles. The van der Waals surface area contributed by atoms with E-state index in [0.717, 1.165) is 6.42 Å². The molecule has 8 nitrogen and oxygen atoms in total. The van der Waals surface area contributed by atoms with Crippen molar-refractivity contribution in [3.8, 4) is 0 Å². The van der Waals surface area contributed by atoms with Crippen molar-refractivity contribution in [1.82, 2.24) is 10.2 Å². The number of carbonyl (C=O) groups is 2. The second kappa shape index (κ2) is 8.75. The maximum absolute atomic E-state index is 13.0. The molecule has 150 valence electrons. The van der Waals surface area contributed by atoms with Crippen LogP contribution in [0.25, 0.3) is 0 Å². The van der Waals surface area contributed by atoms with Crippen molar-refractivity contribution in [3.63, 3.8) is 0 Å². The van der Waals surface area contributed by atoms with Crippen LogP contribution in [0.15, 0.2) is 0 Å². The molecule has 2 fully saturated rings. The summed E-state index contributed by atoms with van der Waals surface area (Å²) in [5, 5.41) is 3.24. The van der Waals surface area contributed by atoms with E-state index in [0.29, 0.717) is 26.3 Å². The molecule has 2 aliphatic heterocycles. The fourth-order valence-corrected chi connectivity index (χ4v) is 3.38. The minimum absolute atomic E-state index is 0.0253. The summed E-state index contributed by atoms with van der Waals surface area (Å²) in [5.41, 5.74) is 12.2. The van der Waals surface area contributed by atoms with Gasteiger partial charge in [-0.25, -0.2) is 0 Å². The van der Waals surface area contributed by atoms with Gasteiger partial charge in [0, 0.05) is 19.0 Å². The summed E-state index contributed by atoms with van der Waals surface area (Å²) in [6.45, 7) is 9.97. The number of nitrogens with zero attached hydrogens (tertiary/aromatic N) is 1. The molecule has 0 aliphatic carbocycles. The van der Waals surface area contributed by atoms with Crippen LogP contribution < -0.4 is 16.8 Å². The normalized spacial score (nSPS) is 25.4. The van der Waals surface area contributed by atoms with Gasteiger partial charge in [0.2, 0.25) is 11.8 Å². The van der Waals surface area contributed by atoms with E-state index in [1.54, 1.807) is 0 Å². The molecule has 0 aromatic rings.